The molecule has 0 amide bonds. The molecule has 2 unspecified atom stereocenters. The first-order chi connectivity index (χ1) is 6.83. The zero-order valence-corrected chi connectivity index (χ0v) is 11.0. The predicted molar refractivity (Wildman–Crippen MR) is 64.8 cm³/mol. The molecule has 0 heterocycles. The van der Waals surface area contributed by atoms with E-state index < -0.39 is 0 Å². The van der Waals surface area contributed by atoms with Gasteiger partial charge in [-0.3, -0.25) is 0 Å². The van der Waals surface area contributed by atoms with Gasteiger partial charge < -0.3 is 10.0 Å². The molecule has 90 valence electrons. The van der Waals surface area contributed by atoms with Crippen molar-refractivity contribution < 1.29 is 5.11 Å². The Kier molecular flexibility index (Phi) is 4.19. The Morgan fingerprint density at radius 1 is 1.40 bits per heavy atom. The van der Waals surface area contributed by atoms with Crippen molar-refractivity contribution in [2.75, 3.05) is 20.1 Å². The maximum Gasteiger partial charge on any atom is 0.0631 e. The molecule has 2 atom stereocenters. The Hall–Kier alpha value is -0.0800. The van der Waals surface area contributed by atoms with E-state index in [0.29, 0.717) is 11.8 Å². The minimum Gasteiger partial charge on any atom is -0.392 e. The number of hydrogen-bond acceptors (Lipinski definition) is 2. The van der Waals surface area contributed by atoms with E-state index in [0.717, 1.165) is 19.5 Å². The number of nitrogens with zero attached hydrogens (tertiary/aromatic N) is 1. The van der Waals surface area contributed by atoms with E-state index in [1.165, 1.54) is 6.42 Å². The highest BCUT2D eigenvalue weighted by atomic mass is 16.3. The van der Waals surface area contributed by atoms with Crippen molar-refractivity contribution >= 4 is 0 Å². The van der Waals surface area contributed by atoms with E-state index in [-0.39, 0.29) is 11.5 Å². The normalized spacial score (nSPS) is 30.4. The first kappa shape index (κ1) is 13.0. The first-order valence-electron chi connectivity index (χ1n) is 6.19. The highest BCUT2D eigenvalue weighted by Gasteiger charge is 2.40. The maximum atomic E-state index is 10.2. The molecule has 0 radical (unpaired) electrons. The van der Waals surface area contributed by atoms with Gasteiger partial charge in [0, 0.05) is 13.1 Å². The van der Waals surface area contributed by atoms with Gasteiger partial charge in [-0.05, 0) is 37.1 Å². The van der Waals surface area contributed by atoms with Crippen LogP contribution in [0.1, 0.15) is 40.5 Å². The van der Waals surface area contributed by atoms with Crippen molar-refractivity contribution in [2.24, 2.45) is 17.3 Å². The number of hydrogen-bond donors (Lipinski definition) is 1. The van der Waals surface area contributed by atoms with Crippen molar-refractivity contribution in [3.63, 3.8) is 0 Å². The number of rotatable bonds is 4. The minimum atomic E-state index is -0.118. The van der Waals surface area contributed by atoms with E-state index in [4.69, 9.17) is 0 Å². The average molecular weight is 213 g/mol. The van der Waals surface area contributed by atoms with Gasteiger partial charge in [-0.1, -0.05) is 27.7 Å². The summed E-state index contributed by atoms with van der Waals surface area (Å²) >= 11 is 0. The van der Waals surface area contributed by atoms with Gasteiger partial charge in [0.15, 0.2) is 0 Å². The molecule has 2 heteroatoms. The molecule has 1 fully saturated rings. The Balaban J connectivity index is 2.40. The standard InChI is InChI=1S/C13H27NO/c1-10(2)8-14(5)9-11-6-7-13(3,4)12(11)15/h10-12,15H,6-9H2,1-5H3. The third kappa shape index (κ3) is 3.46. The molecular formula is C13H27NO. The summed E-state index contributed by atoms with van der Waals surface area (Å²) in [4.78, 5) is 2.36. The van der Waals surface area contributed by atoms with Gasteiger partial charge in [0.25, 0.3) is 0 Å². The van der Waals surface area contributed by atoms with Crippen LogP contribution in [0.15, 0.2) is 0 Å². The summed E-state index contributed by atoms with van der Waals surface area (Å²) in [6.45, 7) is 11.0. The third-order valence-electron chi connectivity index (χ3n) is 3.63. The van der Waals surface area contributed by atoms with Gasteiger partial charge in [-0.25, -0.2) is 0 Å². The molecule has 1 saturated carbocycles. The molecule has 0 bridgehead atoms. The van der Waals surface area contributed by atoms with Crippen LogP contribution in [0.2, 0.25) is 0 Å². The molecule has 0 spiro atoms. The fourth-order valence-electron chi connectivity index (χ4n) is 2.79. The molecule has 1 aliphatic carbocycles. The molecule has 0 aromatic carbocycles. The average Bonchev–Trinajstić information content (AvgIpc) is 2.30. The molecule has 0 aromatic rings. The fraction of sp³-hybridized carbons (Fsp3) is 1.00. The Labute approximate surface area is 94.7 Å². The topological polar surface area (TPSA) is 23.5 Å². The predicted octanol–water partition coefficient (Wildman–Crippen LogP) is 2.37. The highest BCUT2D eigenvalue weighted by molar-refractivity contribution is 4.91. The quantitative estimate of drug-likeness (QED) is 0.775. The monoisotopic (exact) mass is 213 g/mol. The summed E-state index contributed by atoms with van der Waals surface area (Å²) in [5, 5.41) is 10.2. The first-order valence-corrected chi connectivity index (χ1v) is 6.19. The van der Waals surface area contributed by atoms with Gasteiger partial charge in [0.1, 0.15) is 0 Å². The van der Waals surface area contributed by atoms with E-state index >= 15 is 0 Å². The van der Waals surface area contributed by atoms with E-state index in [2.05, 4.69) is 39.6 Å². The summed E-state index contributed by atoms with van der Waals surface area (Å²) in [6.07, 6.45) is 2.22. The van der Waals surface area contributed by atoms with Gasteiger partial charge in [-0.2, -0.15) is 0 Å². The third-order valence-corrected chi connectivity index (χ3v) is 3.63. The summed E-state index contributed by atoms with van der Waals surface area (Å²) in [7, 11) is 2.16. The molecule has 15 heavy (non-hydrogen) atoms. The summed E-state index contributed by atoms with van der Waals surface area (Å²) in [5.41, 5.74) is 0.128. The van der Waals surface area contributed by atoms with E-state index in [1.54, 1.807) is 0 Å². The van der Waals surface area contributed by atoms with Crippen molar-refractivity contribution in [3.05, 3.63) is 0 Å². The molecule has 1 N–H and O–H groups in total. The summed E-state index contributed by atoms with van der Waals surface area (Å²) in [6, 6.07) is 0. The Morgan fingerprint density at radius 2 is 2.00 bits per heavy atom. The zero-order chi connectivity index (χ0) is 11.6. The SMILES string of the molecule is CC(C)CN(C)CC1CCC(C)(C)C1O. The van der Waals surface area contributed by atoms with Crippen LogP contribution in [-0.2, 0) is 0 Å². The molecule has 1 rings (SSSR count). The van der Waals surface area contributed by atoms with Gasteiger partial charge >= 0.3 is 0 Å². The minimum absolute atomic E-state index is 0.118. The summed E-state index contributed by atoms with van der Waals surface area (Å²) in [5.74, 6) is 1.19. The second kappa shape index (κ2) is 4.84. The second-order valence-corrected chi connectivity index (χ2v) is 6.35. The Morgan fingerprint density at radius 3 is 2.40 bits per heavy atom. The van der Waals surface area contributed by atoms with E-state index in [1.807, 2.05) is 0 Å². The van der Waals surface area contributed by atoms with Crippen LogP contribution in [0.5, 0.6) is 0 Å². The maximum absolute atomic E-state index is 10.2. The smallest absolute Gasteiger partial charge is 0.0631 e. The molecule has 1 aliphatic rings. The van der Waals surface area contributed by atoms with Crippen LogP contribution >= 0.6 is 0 Å². The lowest BCUT2D eigenvalue weighted by atomic mass is 9.87. The number of aliphatic hydroxyl groups excluding tert-OH is 1. The number of aliphatic hydroxyl groups is 1. The molecule has 0 aromatic heterocycles. The van der Waals surface area contributed by atoms with Crippen molar-refractivity contribution in [3.8, 4) is 0 Å². The highest BCUT2D eigenvalue weighted by Crippen LogP contribution is 2.41. The van der Waals surface area contributed by atoms with E-state index in [9.17, 15) is 5.11 Å². The largest absolute Gasteiger partial charge is 0.392 e. The molecule has 0 saturated heterocycles. The van der Waals surface area contributed by atoms with Crippen LogP contribution in [0.3, 0.4) is 0 Å². The van der Waals surface area contributed by atoms with Gasteiger partial charge in [0.2, 0.25) is 0 Å². The second-order valence-electron chi connectivity index (χ2n) is 6.35. The summed E-state index contributed by atoms with van der Waals surface area (Å²) < 4.78 is 0. The van der Waals surface area contributed by atoms with Crippen LogP contribution in [-0.4, -0.2) is 36.2 Å². The lowest BCUT2D eigenvalue weighted by Crippen LogP contribution is -2.36. The van der Waals surface area contributed by atoms with Crippen LogP contribution in [0, 0.1) is 17.3 Å². The van der Waals surface area contributed by atoms with Gasteiger partial charge in [0.05, 0.1) is 6.10 Å². The van der Waals surface area contributed by atoms with Gasteiger partial charge in [-0.15, -0.1) is 0 Å². The van der Waals surface area contributed by atoms with Crippen LogP contribution < -0.4 is 0 Å². The van der Waals surface area contributed by atoms with Crippen molar-refractivity contribution in [1.82, 2.24) is 4.90 Å². The van der Waals surface area contributed by atoms with Crippen LogP contribution in [0.4, 0.5) is 0 Å². The molecule has 0 aliphatic heterocycles. The Bertz CT molecular complexity index is 201. The fourth-order valence-corrected chi connectivity index (χ4v) is 2.79. The molecule has 2 nitrogen and oxygen atoms in total. The molecular weight excluding hydrogens is 186 g/mol. The lowest BCUT2D eigenvalue weighted by molar-refractivity contribution is 0.0345. The van der Waals surface area contributed by atoms with Crippen LogP contribution in [0.25, 0.3) is 0 Å². The lowest BCUT2D eigenvalue weighted by Gasteiger charge is -2.29. The van der Waals surface area contributed by atoms with Crippen molar-refractivity contribution in [1.29, 1.82) is 0 Å². The van der Waals surface area contributed by atoms with Crippen molar-refractivity contribution in [2.45, 2.75) is 46.6 Å². The zero-order valence-electron chi connectivity index (χ0n) is 11.0.